The molecule has 0 bridgehead atoms. The van der Waals surface area contributed by atoms with Crippen LogP contribution in [-0.4, -0.2) is 22.1 Å². The maximum atomic E-state index is 11.5. The molecule has 0 aliphatic heterocycles. The third-order valence-electron chi connectivity index (χ3n) is 2.51. The second-order valence-electron chi connectivity index (χ2n) is 3.55. The molecule has 1 aliphatic rings. The average Bonchev–Trinajstić information content (AvgIpc) is 2.87. The molecule has 1 amide bonds. The van der Waals surface area contributed by atoms with Gasteiger partial charge in [0.05, 0.1) is 12.7 Å². The van der Waals surface area contributed by atoms with E-state index in [1.54, 1.807) is 6.07 Å². The maximum absolute atomic E-state index is 11.5. The number of hydrogen-bond acceptors (Lipinski definition) is 4. The largest absolute Gasteiger partial charge is 0.480 e. The molecule has 1 saturated carbocycles. The Balaban J connectivity index is 1.91. The summed E-state index contributed by atoms with van der Waals surface area (Å²) in [5.74, 6) is -1.01. The molecule has 0 aromatic carbocycles. The molecular formula is C9H10N2O4. The molecule has 6 heteroatoms. The zero-order chi connectivity index (χ0) is 10.9. The van der Waals surface area contributed by atoms with E-state index in [0.717, 1.165) is 0 Å². The zero-order valence-corrected chi connectivity index (χ0v) is 7.90. The minimum atomic E-state index is -1.19. The lowest BCUT2D eigenvalue weighted by molar-refractivity contribution is -0.149. The fraction of sp³-hybridized carbons (Fsp3) is 0.444. The Bertz CT molecular complexity index is 381. The van der Waals surface area contributed by atoms with Crippen LogP contribution in [0.4, 0.5) is 0 Å². The molecule has 6 nitrogen and oxygen atoms in total. The number of rotatable bonds is 4. The van der Waals surface area contributed by atoms with Gasteiger partial charge in [-0.3, -0.25) is 9.59 Å². The summed E-state index contributed by atoms with van der Waals surface area (Å²) >= 11 is 0. The highest BCUT2D eigenvalue weighted by Crippen LogP contribution is 2.46. The highest BCUT2D eigenvalue weighted by atomic mass is 16.5. The van der Waals surface area contributed by atoms with Gasteiger partial charge in [0.1, 0.15) is 5.41 Å². The van der Waals surface area contributed by atoms with Crippen molar-refractivity contribution < 1.29 is 19.2 Å². The summed E-state index contributed by atoms with van der Waals surface area (Å²) < 4.78 is 4.77. The van der Waals surface area contributed by atoms with Crippen molar-refractivity contribution in [3.63, 3.8) is 0 Å². The van der Waals surface area contributed by atoms with Crippen LogP contribution in [0, 0.1) is 5.41 Å². The van der Waals surface area contributed by atoms with E-state index in [4.69, 9.17) is 9.63 Å². The lowest BCUT2D eigenvalue weighted by Crippen LogP contribution is -2.36. The number of nitrogens with one attached hydrogen (secondary N) is 1. The minimum absolute atomic E-state index is 0.174. The summed E-state index contributed by atoms with van der Waals surface area (Å²) in [5.41, 5.74) is -1.19. The van der Waals surface area contributed by atoms with Gasteiger partial charge < -0.3 is 14.9 Å². The lowest BCUT2D eigenvalue weighted by atomic mass is 10.1. The van der Waals surface area contributed by atoms with Gasteiger partial charge in [-0.1, -0.05) is 5.16 Å². The number of carbonyl (C=O) groups excluding carboxylic acids is 1. The van der Waals surface area contributed by atoms with E-state index in [0.29, 0.717) is 18.6 Å². The SMILES string of the molecule is O=C(O)C1(C(=O)NCc2ccno2)CC1. The summed E-state index contributed by atoms with van der Waals surface area (Å²) in [5, 5.41) is 14.8. The van der Waals surface area contributed by atoms with E-state index in [9.17, 15) is 9.59 Å². The van der Waals surface area contributed by atoms with Crippen molar-refractivity contribution in [2.75, 3.05) is 0 Å². The topological polar surface area (TPSA) is 92.4 Å². The van der Waals surface area contributed by atoms with E-state index in [2.05, 4.69) is 10.5 Å². The smallest absolute Gasteiger partial charge is 0.319 e. The first-order valence-corrected chi connectivity index (χ1v) is 4.56. The molecule has 1 heterocycles. The maximum Gasteiger partial charge on any atom is 0.319 e. The number of aromatic nitrogens is 1. The Kier molecular flexibility index (Phi) is 2.18. The highest BCUT2D eigenvalue weighted by molar-refractivity contribution is 6.04. The molecule has 1 aliphatic carbocycles. The molecule has 0 spiro atoms. The van der Waals surface area contributed by atoms with E-state index in [1.807, 2.05) is 0 Å². The first-order valence-electron chi connectivity index (χ1n) is 4.56. The van der Waals surface area contributed by atoms with Crippen LogP contribution in [0.3, 0.4) is 0 Å². The molecule has 0 radical (unpaired) electrons. The lowest BCUT2D eigenvalue weighted by Gasteiger charge is -2.08. The van der Waals surface area contributed by atoms with E-state index < -0.39 is 17.3 Å². The fourth-order valence-corrected chi connectivity index (χ4v) is 1.33. The molecule has 1 aromatic rings. The Hall–Kier alpha value is -1.85. The van der Waals surface area contributed by atoms with Gasteiger partial charge in [0.15, 0.2) is 5.76 Å². The van der Waals surface area contributed by atoms with Gasteiger partial charge in [0.25, 0.3) is 0 Å². The van der Waals surface area contributed by atoms with Crippen molar-refractivity contribution in [3.8, 4) is 0 Å². The Morgan fingerprint density at radius 1 is 1.60 bits per heavy atom. The van der Waals surface area contributed by atoms with Crippen LogP contribution in [0.2, 0.25) is 0 Å². The molecule has 0 unspecified atom stereocenters. The number of aliphatic carboxylic acids is 1. The summed E-state index contributed by atoms with van der Waals surface area (Å²) in [7, 11) is 0. The molecular weight excluding hydrogens is 200 g/mol. The van der Waals surface area contributed by atoms with Crippen molar-refractivity contribution in [1.82, 2.24) is 10.5 Å². The summed E-state index contributed by atoms with van der Waals surface area (Å²) in [6.45, 7) is 0.174. The standard InChI is InChI=1S/C9H10N2O4/c12-7(9(2-3-9)8(13)14)10-5-6-1-4-11-15-6/h1,4H,2-3,5H2,(H,10,12)(H,13,14). The van der Waals surface area contributed by atoms with Gasteiger partial charge >= 0.3 is 5.97 Å². The molecule has 0 atom stereocenters. The summed E-state index contributed by atoms with van der Waals surface area (Å²) in [6.07, 6.45) is 2.28. The predicted octanol–water partition coefficient (Wildman–Crippen LogP) is 0.156. The van der Waals surface area contributed by atoms with Gasteiger partial charge in [-0.05, 0) is 12.8 Å². The molecule has 2 N–H and O–H groups in total. The molecule has 80 valence electrons. The first-order chi connectivity index (χ1) is 7.15. The normalized spacial score (nSPS) is 17.1. The predicted molar refractivity (Wildman–Crippen MR) is 47.7 cm³/mol. The zero-order valence-electron chi connectivity index (χ0n) is 7.90. The summed E-state index contributed by atoms with van der Waals surface area (Å²) in [6, 6.07) is 1.61. The van der Waals surface area contributed by atoms with Crippen LogP contribution in [-0.2, 0) is 16.1 Å². The van der Waals surface area contributed by atoms with E-state index in [1.165, 1.54) is 6.20 Å². The number of nitrogens with zero attached hydrogens (tertiary/aromatic N) is 1. The van der Waals surface area contributed by atoms with Crippen LogP contribution in [0.25, 0.3) is 0 Å². The quantitative estimate of drug-likeness (QED) is 0.690. The van der Waals surface area contributed by atoms with Crippen molar-refractivity contribution >= 4 is 11.9 Å². The number of hydrogen-bond donors (Lipinski definition) is 2. The van der Waals surface area contributed by atoms with Crippen LogP contribution < -0.4 is 5.32 Å². The van der Waals surface area contributed by atoms with Crippen molar-refractivity contribution in [2.24, 2.45) is 5.41 Å². The molecule has 0 saturated heterocycles. The Labute approximate surface area is 85.2 Å². The van der Waals surface area contributed by atoms with Crippen LogP contribution >= 0.6 is 0 Å². The number of carbonyl (C=O) groups is 2. The first kappa shape index (κ1) is 9.70. The van der Waals surface area contributed by atoms with E-state index >= 15 is 0 Å². The average molecular weight is 210 g/mol. The third-order valence-corrected chi connectivity index (χ3v) is 2.51. The van der Waals surface area contributed by atoms with Crippen molar-refractivity contribution in [2.45, 2.75) is 19.4 Å². The number of carboxylic acid groups (broad SMARTS) is 1. The van der Waals surface area contributed by atoms with Gasteiger partial charge in [-0.2, -0.15) is 0 Å². The Morgan fingerprint density at radius 2 is 2.33 bits per heavy atom. The van der Waals surface area contributed by atoms with Gasteiger partial charge in [-0.15, -0.1) is 0 Å². The van der Waals surface area contributed by atoms with Gasteiger partial charge in [0.2, 0.25) is 5.91 Å². The van der Waals surface area contributed by atoms with Crippen molar-refractivity contribution in [3.05, 3.63) is 18.0 Å². The fourth-order valence-electron chi connectivity index (χ4n) is 1.33. The third kappa shape index (κ3) is 1.70. The number of carboxylic acids is 1. The monoisotopic (exact) mass is 210 g/mol. The molecule has 15 heavy (non-hydrogen) atoms. The van der Waals surface area contributed by atoms with Crippen LogP contribution in [0.15, 0.2) is 16.8 Å². The van der Waals surface area contributed by atoms with Gasteiger partial charge in [-0.25, -0.2) is 0 Å². The minimum Gasteiger partial charge on any atom is -0.480 e. The summed E-state index contributed by atoms with van der Waals surface area (Å²) in [4.78, 5) is 22.3. The van der Waals surface area contributed by atoms with Gasteiger partial charge in [0, 0.05) is 6.07 Å². The highest BCUT2D eigenvalue weighted by Gasteiger charge is 2.56. The van der Waals surface area contributed by atoms with Crippen molar-refractivity contribution in [1.29, 1.82) is 0 Å². The second-order valence-corrected chi connectivity index (χ2v) is 3.55. The molecule has 1 aromatic heterocycles. The Morgan fingerprint density at radius 3 is 2.80 bits per heavy atom. The molecule has 1 fully saturated rings. The van der Waals surface area contributed by atoms with Crippen LogP contribution in [0.5, 0.6) is 0 Å². The molecule has 2 rings (SSSR count). The van der Waals surface area contributed by atoms with E-state index in [-0.39, 0.29) is 6.54 Å². The van der Waals surface area contributed by atoms with Crippen LogP contribution in [0.1, 0.15) is 18.6 Å². The number of amides is 1. The second kappa shape index (κ2) is 3.38.